The van der Waals surface area contributed by atoms with Crippen molar-refractivity contribution in [1.82, 2.24) is 4.90 Å². The van der Waals surface area contributed by atoms with Crippen molar-refractivity contribution in [2.45, 2.75) is 19.1 Å². The van der Waals surface area contributed by atoms with Gasteiger partial charge in [-0.15, -0.1) is 0 Å². The molecular formula is C34H32F3N3O3. The van der Waals surface area contributed by atoms with E-state index in [1.807, 2.05) is 61.5 Å². The Kier molecular flexibility index (Phi) is 8.82. The van der Waals surface area contributed by atoms with Crippen molar-refractivity contribution in [2.75, 3.05) is 43.5 Å². The number of esters is 1. The molecule has 1 fully saturated rings. The maximum Gasteiger partial charge on any atom is 0.416 e. The molecule has 9 heteroatoms. The Morgan fingerprint density at radius 2 is 1.49 bits per heavy atom. The highest BCUT2D eigenvalue weighted by molar-refractivity contribution is 6.08. The number of nitrogens with one attached hydrogen (secondary N) is 1. The summed E-state index contributed by atoms with van der Waals surface area (Å²) in [6, 6.07) is 26.8. The van der Waals surface area contributed by atoms with Gasteiger partial charge in [0.1, 0.15) is 6.04 Å². The molecule has 1 atom stereocenters. The van der Waals surface area contributed by atoms with Crippen LogP contribution in [0.5, 0.6) is 0 Å². The summed E-state index contributed by atoms with van der Waals surface area (Å²) in [4.78, 5) is 30.2. The van der Waals surface area contributed by atoms with E-state index in [-0.39, 0.29) is 11.9 Å². The van der Waals surface area contributed by atoms with Gasteiger partial charge in [0.25, 0.3) is 5.91 Å². The van der Waals surface area contributed by atoms with Crippen molar-refractivity contribution >= 4 is 23.3 Å². The van der Waals surface area contributed by atoms with Gasteiger partial charge in [-0.05, 0) is 66.1 Å². The monoisotopic (exact) mass is 587 g/mol. The lowest BCUT2D eigenvalue weighted by Crippen LogP contribution is -2.49. The van der Waals surface area contributed by atoms with Crippen LogP contribution in [0.25, 0.3) is 11.1 Å². The summed E-state index contributed by atoms with van der Waals surface area (Å²) in [7, 11) is 1.41. The van der Waals surface area contributed by atoms with E-state index in [0.29, 0.717) is 48.6 Å². The predicted molar refractivity (Wildman–Crippen MR) is 161 cm³/mol. The zero-order chi connectivity index (χ0) is 30.6. The first-order valence-electron chi connectivity index (χ1n) is 14.0. The Bertz CT molecular complexity index is 1570. The van der Waals surface area contributed by atoms with Crippen LogP contribution >= 0.6 is 0 Å². The highest BCUT2D eigenvalue weighted by Crippen LogP contribution is 2.33. The number of carbonyl (C=O) groups excluding carboxylic acids is 2. The van der Waals surface area contributed by atoms with Gasteiger partial charge < -0.3 is 15.0 Å². The number of ether oxygens (including phenoxy) is 1. The lowest BCUT2D eigenvalue weighted by atomic mass is 9.96. The largest absolute Gasteiger partial charge is 0.468 e. The first kappa shape index (κ1) is 29.8. The van der Waals surface area contributed by atoms with Crippen LogP contribution in [0.2, 0.25) is 0 Å². The van der Waals surface area contributed by atoms with E-state index in [4.69, 9.17) is 4.74 Å². The van der Waals surface area contributed by atoms with Gasteiger partial charge in [0, 0.05) is 43.1 Å². The molecule has 6 nitrogen and oxygen atoms in total. The lowest BCUT2D eigenvalue weighted by Gasteiger charge is -2.39. The molecule has 1 amide bonds. The number of amides is 1. The number of rotatable bonds is 7. The molecule has 0 spiro atoms. The fourth-order valence-corrected chi connectivity index (χ4v) is 5.37. The summed E-state index contributed by atoms with van der Waals surface area (Å²) in [5.41, 5.74) is 4.09. The molecule has 43 heavy (non-hydrogen) atoms. The molecule has 4 aromatic carbocycles. The smallest absolute Gasteiger partial charge is 0.416 e. The number of benzene rings is 4. The number of methoxy groups -OCH3 is 1. The zero-order valence-electron chi connectivity index (χ0n) is 23.9. The van der Waals surface area contributed by atoms with E-state index in [0.717, 1.165) is 28.9 Å². The fourth-order valence-electron chi connectivity index (χ4n) is 5.37. The molecule has 0 aliphatic carbocycles. The summed E-state index contributed by atoms with van der Waals surface area (Å²) in [6.45, 7) is 4.64. The first-order valence-corrected chi connectivity index (χ1v) is 14.0. The third-order valence-electron chi connectivity index (χ3n) is 7.65. The normalized spacial score (nSPS) is 14.7. The minimum atomic E-state index is -4.43. The molecule has 1 N–H and O–H groups in total. The van der Waals surface area contributed by atoms with Crippen molar-refractivity contribution in [3.63, 3.8) is 0 Å². The number of carbonyl (C=O) groups is 2. The van der Waals surface area contributed by atoms with Crippen molar-refractivity contribution in [1.29, 1.82) is 0 Å². The van der Waals surface area contributed by atoms with Crippen LogP contribution in [-0.4, -0.2) is 50.1 Å². The number of piperazine rings is 1. The number of hydrogen-bond donors (Lipinski definition) is 1. The summed E-state index contributed by atoms with van der Waals surface area (Å²) in [6.07, 6.45) is -4.43. The standard InChI is InChI=1S/C34H32F3N3O3/c1-23-8-17-29(30(22-23)24-9-11-26(12-10-24)34(35,36)37)32(41)38-27-13-15-28(16-14-27)39-18-20-40(21-19-39)31(33(42)43-2)25-6-4-3-5-7-25/h3-17,22,31H,18-21H2,1-2H3,(H,38,41). The van der Waals surface area contributed by atoms with Gasteiger partial charge >= 0.3 is 12.1 Å². The van der Waals surface area contributed by atoms with Crippen LogP contribution in [0.3, 0.4) is 0 Å². The number of nitrogens with zero attached hydrogens (tertiary/aromatic N) is 2. The van der Waals surface area contributed by atoms with Crippen LogP contribution < -0.4 is 10.2 Å². The van der Waals surface area contributed by atoms with Gasteiger partial charge in [0.2, 0.25) is 0 Å². The number of anilines is 2. The SMILES string of the molecule is COC(=O)C(c1ccccc1)N1CCN(c2ccc(NC(=O)c3ccc(C)cc3-c3ccc(C(F)(F)F)cc3)cc2)CC1. The van der Waals surface area contributed by atoms with Gasteiger partial charge in [-0.2, -0.15) is 13.2 Å². The summed E-state index contributed by atoms with van der Waals surface area (Å²) < 4.78 is 44.3. The Labute approximate surface area is 248 Å². The minimum Gasteiger partial charge on any atom is -0.468 e. The van der Waals surface area contributed by atoms with Crippen LogP contribution in [0.15, 0.2) is 97.1 Å². The molecule has 0 bridgehead atoms. The van der Waals surface area contributed by atoms with Crippen LogP contribution in [0.4, 0.5) is 24.5 Å². The second-order valence-corrected chi connectivity index (χ2v) is 10.5. The van der Waals surface area contributed by atoms with E-state index in [1.54, 1.807) is 18.2 Å². The maximum atomic E-state index is 13.3. The van der Waals surface area contributed by atoms with Crippen molar-refractivity contribution < 1.29 is 27.5 Å². The minimum absolute atomic E-state index is 0.283. The van der Waals surface area contributed by atoms with E-state index in [1.165, 1.54) is 19.2 Å². The van der Waals surface area contributed by atoms with Gasteiger partial charge in [-0.25, -0.2) is 4.79 Å². The Morgan fingerprint density at radius 3 is 2.09 bits per heavy atom. The number of halogens is 3. The average Bonchev–Trinajstić information content (AvgIpc) is 3.02. The third-order valence-corrected chi connectivity index (χ3v) is 7.65. The van der Waals surface area contributed by atoms with E-state index >= 15 is 0 Å². The molecule has 0 saturated carbocycles. The molecule has 1 aliphatic heterocycles. The Hall–Kier alpha value is -4.63. The van der Waals surface area contributed by atoms with Gasteiger partial charge in [-0.1, -0.05) is 60.2 Å². The van der Waals surface area contributed by atoms with E-state index in [2.05, 4.69) is 15.1 Å². The molecule has 222 valence electrons. The molecule has 0 aromatic heterocycles. The molecule has 4 aromatic rings. The van der Waals surface area contributed by atoms with E-state index < -0.39 is 17.8 Å². The number of alkyl halides is 3. The molecule has 1 heterocycles. The van der Waals surface area contributed by atoms with Gasteiger partial charge in [0.05, 0.1) is 12.7 Å². The fraction of sp³-hybridized carbons (Fsp3) is 0.235. The lowest BCUT2D eigenvalue weighted by molar-refractivity contribution is -0.147. The molecular weight excluding hydrogens is 555 g/mol. The molecule has 5 rings (SSSR count). The molecule has 1 aliphatic rings. The molecule has 1 unspecified atom stereocenters. The second kappa shape index (κ2) is 12.7. The highest BCUT2D eigenvalue weighted by atomic mass is 19.4. The number of aryl methyl sites for hydroxylation is 1. The molecule has 1 saturated heterocycles. The Morgan fingerprint density at radius 1 is 0.837 bits per heavy atom. The zero-order valence-corrected chi connectivity index (χ0v) is 23.9. The van der Waals surface area contributed by atoms with E-state index in [9.17, 15) is 22.8 Å². The van der Waals surface area contributed by atoms with Crippen molar-refractivity contribution in [3.05, 3.63) is 119 Å². The maximum absolute atomic E-state index is 13.3. The summed E-state index contributed by atoms with van der Waals surface area (Å²) in [5, 5.41) is 2.92. The summed E-state index contributed by atoms with van der Waals surface area (Å²) in [5.74, 6) is -0.638. The predicted octanol–water partition coefficient (Wildman–Crippen LogP) is 6.97. The van der Waals surface area contributed by atoms with Crippen LogP contribution in [0.1, 0.15) is 33.1 Å². The topological polar surface area (TPSA) is 61.9 Å². The molecule has 0 radical (unpaired) electrons. The van der Waals surface area contributed by atoms with Crippen molar-refractivity contribution in [2.24, 2.45) is 0 Å². The van der Waals surface area contributed by atoms with Gasteiger partial charge in [0.15, 0.2) is 0 Å². The quantitative estimate of drug-likeness (QED) is 0.237. The second-order valence-electron chi connectivity index (χ2n) is 10.5. The Balaban J connectivity index is 1.25. The average molecular weight is 588 g/mol. The number of hydrogen-bond acceptors (Lipinski definition) is 5. The summed E-state index contributed by atoms with van der Waals surface area (Å²) >= 11 is 0. The third kappa shape index (κ3) is 6.89. The van der Waals surface area contributed by atoms with Crippen LogP contribution in [-0.2, 0) is 15.7 Å². The first-order chi connectivity index (χ1) is 20.6. The van der Waals surface area contributed by atoms with Gasteiger partial charge in [-0.3, -0.25) is 9.69 Å². The highest BCUT2D eigenvalue weighted by Gasteiger charge is 2.32. The van der Waals surface area contributed by atoms with Crippen molar-refractivity contribution in [3.8, 4) is 11.1 Å². The van der Waals surface area contributed by atoms with Crippen LogP contribution in [0, 0.1) is 6.92 Å².